The molecule has 10 nitrogen and oxygen atoms in total. The van der Waals surface area contributed by atoms with Crippen LogP contribution in [0.4, 0.5) is 4.39 Å². The molecule has 0 amide bonds. The number of allylic oxidation sites excluding steroid dienone is 4. The number of halogens is 1. The summed E-state index contributed by atoms with van der Waals surface area (Å²) in [5, 5.41) is 28.5. The Hall–Kier alpha value is -2.29. The maximum atomic E-state index is 17.3. The van der Waals surface area contributed by atoms with Crippen molar-refractivity contribution in [3.63, 3.8) is 0 Å². The lowest BCUT2D eigenvalue weighted by atomic mass is 9.44. The molecule has 1 aromatic rings. The lowest BCUT2D eigenvalue weighted by Crippen LogP contribution is -2.69. The smallest absolute Gasteiger partial charge is 0.297 e. The summed E-state index contributed by atoms with van der Waals surface area (Å²) >= 11 is 0. The van der Waals surface area contributed by atoms with Crippen molar-refractivity contribution in [3.05, 3.63) is 48.1 Å². The molecule has 0 saturated heterocycles. The van der Waals surface area contributed by atoms with E-state index in [0.717, 1.165) is 24.3 Å². The number of fused-ring (bicyclic) bond motifs is 5. The van der Waals surface area contributed by atoms with Gasteiger partial charge in [0.1, 0.15) is 12.2 Å². The number of primary sulfonamides is 1. The third-order valence-electron chi connectivity index (χ3n) is 10.4. The molecule has 224 valence electrons. The molecule has 0 aliphatic heterocycles. The number of carbonyl (C=O) groups excluding carboxylic acids is 2. The van der Waals surface area contributed by atoms with E-state index < -0.39 is 88.3 Å². The summed E-state index contributed by atoms with van der Waals surface area (Å²) in [6, 6.07) is 4.15. The number of aliphatic hydroxyl groups is 2. The predicted octanol–water partition coefficient (Wildman–Crippen LogP) is 1.96. The van der Waals surface area contributed by atoms with Crippen LogP contribution in [0.25, 0.3) is 0 Å². The molecule has 3 fully saturated rings. The Balaban J connectivity index is 1.44. The number of sulfonamides is 1. The molecule has 3 saturated carbocycles. The molecule has 0 bridgehead atoms. The first-order valence-electron chi connectivity index (χ1n) is 13.4. The third kappa shape index (κ3) is 4.14. The average Bonchev–Trinajstić information content (AvgIpc) is 3.09. The van der Waals surface area contributed by atoms with Crippen molar-refractivity contribution in [2.24, 2.45) is 33.7 Å². The minimum atomic E-state index is -4.63. The van der Waals surface area contributed by atoms with Gasteiger partial charge >= 0.3 is 0 Å². The van der Waals surface area contributed by atoms with E-state index in [1.54, 1.807) is 20.8 Å². The molecule has 1 aromatic carbocycles. The lowest BCUT2D eigenvalue weighted by Gasteiger charge is -2.62. The Kier molecular flexibility index (Phi) is 6.88. The van der Waals surface area contributed by atoms with Crippen LogP contribution in [0.1, 0.15) is 46.5 Å². The van der Waals surface area contributed by atoms with Crippen molar-refractivity contribution >= 4 is 31.7 Å². The fraction of sp³-hybridized carbons (Fsp3) is 0.571. The molecule has 0 radical (unpaired) electrons. The molecule has 8 atom stereocenters. The van der Waals surface area contributed by atoms with Gasteiger partial charge in [-0.25, -0.2) is 17.9 Å². The molecule has 41 heavy (non-hydrogen) atoms. The summed E-state index contributed by atoms with van der Waals surface area (Å²) in [7, 11) is -8.84. The number of benzene rings is 1. The summed E-state index contributed by atoms with van der Waals surface area (Å²) in [5.74, 6) is -3.18. The van der Waals surface area contributed by atoms with E-state index in [1.165, 1.54) is 18.2 Å². The number of hydrogen-bond donors (Lipinski definition) is 3. The number of nitrogens with two attached hydrogens (primary N) is 1. The van der Waals surface area contributed by atoms with Crippen LogP contribution in [0.15, 0.2) is 57.9 Å². The van der Waals surface area contributed by atoms with E-state index >= 15 is 4.39 Å². The molecule has 5 rings (SSSR count). The van der Waals surface area contributed by atoms with Crippen molar-refractivity contribution in [3.8, 4) is 0 Å². The van der Waals surface area contributed by atoms with E-state index in [9.17, 15) is 36.6 Å². The second-order valence-electron chi connectivity index (χ2n) is 12.3. The zero-order valence-corrected chi connectivity index (χ0v) is 24.5. The van der Waals surface area contributed by atoms with Gasteiger partial charge in [0, 0.05) is 16.7 Å². The highest BCUT2D eigenvalue weighted by atomic mass is 32.2. The van der Waals surface area contributed by atoms with Crippen LogP contribution < -0.4 is 5.14 Å². The first-order chi connectivity index (χ1) is 18.8. The Morgan fingerprint density at radius 2 is 1.83 bits per heavy atom. The SMILES string of the molecule is C[C@@H]1C[C@H]2[C@@H]3CCC4=CC(=O)C=C[C@]4(C)[C@@]3(F)[C@@H](O)C[C@]2(C)[C@@]1(O)C(=O)COS(=O)(=O)c1cccc(S(N)(=O)=O)c1. The number of Topliss-reactive ketones (excluding diaryl/α,β-unsaturated/α-hetero) is 1. The molecule has 4 N–H and O–H groups in total. The molecular formula is C28H34FNO9S2. The number of alkyl halides is 1. The lowest BCUT2D eigenvalue weighted by molar-refractivity contribution is -0.219. The second kappa shape index (κ2) is 9.35. The first-order valence-corrected chi connectivity index (χ1v) is 16.4. The summed E-state index contributed by atoms with van der Waals surface area (Å²) in [5.41, 5.74) is -6.24. The van der Waals surface area contributed by atoms with Crippen LogP contribution in [0.3, 0.4) is 0 Å². The fourth-order valence-corrected chi connectivity index (χ4v) is 9.81. The topological polar surface area (TPSA) is 178 Å². The highest BCUT2D eigenvalue weighted by Gasteiger charge is 2.75. The van der Waals surface area contributed by atoms with E-state index in [1.807, 2.05) is 0 Å². The predicted molar refractivity (Wildman–Crippen MR) is 144 cm³/mol. The minimum absolute atomic E-state index is 0.240. The standard InChI is InChI=1S/C28H34FNO9S2/c1-16-11-22-21-8-7-17-12-18(31)9-10-25(17,2)27(21,29)23(32)14-26(22,3)28(16,34)24(33)15-39-41(37,38)20-6-4-5-19(13-20)40(30,35)36/h4-6,9-10,12-13,16,21-23,32,34H,7-8,11,14-15H2,1-3H3,(H2,30,35,36)/t16-,21+,22+,23+,25+,26+,27+,28+/m1/s1. The van der Waals surface area contributed by atoms with E-state index in [2.05, 4.69) is 0 Å². The van der Waals surface area contributed by atoms with Gasteiger partial charge in [-0.3, -0.25) is 13.8 Å². The zero-order valence-electron chi connectivity index (χ0n) is 22.9. The highest BCUT2D eigenvalue weighted by Crippen LogP contribution is 2.70. The maximum absolute atomic E-state index is 17.3. The van der Waals surface area contributed by atoms with Crippen LogP contribution in [-0.2, 0) is 33.9 Å². The van der Waals surface area contributed by atoms with E-state index in [4.69, 9.17) is 9.32 Å². The van der Waals surface area contributed by atoms with Gasteiger partial charge in [0.2, 0.25) is 10.0 Å². The van der Waals surface area contributed by atoms with Crippen molar-refractivity contribution in [1.29, 1.82) is 0 Å². The summed E-state index contributed by atoms with van der Waals surface area (Å²) in [6.45, 7) is 3.87. The van der Waals surface area contributed by atoms with Gasteiger partial charge in [0.05, 0.1) is 15.9 Å². The largest absolute Gasteiger partial charge is 0.390 e. The molecule has 0 aromatic heterocycles. The van der Waals surface area contributed by atoms with Gasteiger partial charge in [-0.2, -0.15) is 8.42 Å². The number of carbonyl (C=O) groups is 2. The number of rotatable bonds is 6. The molecule has 0 unspecified atom stereocenters. The molecule has 4 aliphatic rings. The third-order valence-corrected chi connectivity index (χ3v) is 12.6. The normalized spacial score (nSPS) is 40.4. The first kappa shape index (κ1) is 30.2. The van der Waals surface area contributed by atoms with Crippen molar-refractivity contribution in [2.45, 2.75) is 73.6 Å². The fourth-order valence-electron chi connectivity index (χ4n) is 8.26. The van der Waals surface area contributed by atoms with Gasteiger partial charge < -0.3 is 10.2 Å². The number of ketones is 2. The molecule has 0 heterocycles. The van der Waals surface area contributed by atoms with Crippen LogP contribution in [0.5, 0.6) is 0 Å². The van der Waals surface area contributed by atoms with E-state index in [-0.39, 0.29) is 18.6 Å². The van der Waals surface area contributed by atoms with E-state index in [0.29, 0.717) is 18.4 Å². The van der Waals surface area contributed by atoms with Crippen LogP contribution in [0.2, 0.25) is 0 Å². The zero-order chi connectivity index (χ0) is 30.4. The highest BCUT2D eigenvalue weighted by molar-refractivity contribution is 7.89. The number of hydrogen-bond acceptors (Lipinski definition) is 9. The molecule has 4 aliphatic carbocycles. The van der Waals surface area contributed by atoms with Crippen molar-refractivity contribution < 1.29 is 45.2 Å². The molecule has 13 heteroatoms. The Morgan fingerprint density at radius 1 is 1.17 bits per heavy atom. The molecule has 0 spiro atoms. The molecular weight excluding hydrogens is 577 g/mol. The van der Waals surface area contributed by atoms with Crippen LogP contribution >= 0.6 is 0 Å². The summed E-state index contributed by atoms with van der Waals surface area (Å²) in [4.78, 5) is 24.6. The average molecular weight is 612 g/mol. The van der Waals surface area contributed by atoms with Crippen LogP contribution in [-0.4, -0.2) is 62.6 Å². The summed E-state index contributed by atoms with van der Waals surface area (Å²) in [6.07, 6.45) is 3.36. The Labute approximate surface area is 238 Å². The summed E-state index contributed by atoms with van der Waals surface area (Å²) < 4.78 is 71.2. The maximum Gasteiger partial charge on any atom is 0.297 e. The second-order valence-corrected chi connectivity index (χ2v) is 15.5. The number of aliphatic hydroxyl groups excluding tert-OH is 1. The monoisotopic (exact) mass is 611 g/mol. The van der Waals surface area contributed by atoms with Crippen molar-refractivity contribution in [1.82, 2.24) is 0 Å². The quantitative estimate of drug-likeness (QED) is 0.406. The Bertz CT molecular complexity index is 1610. The Morgan fingerprint density at radius 3 is 2.49 bits per heavy atom. The van der Waals surface area contributed by atoms with Gasteiger partial charge in [0.15, 0.2) is 17.2 Å². The van der Waals surface area contributed by atoms with Crippen LogP contribution in [0, 0.1) is 28.6 Å². The van der Waals surface area contributed by atoms with Gasteiger partial charge in [-0.05, 0) is 74.8 Å². The van der Waals surface area contributed by atoms with Gasteiger partial charge in [0.25, 0.3) is 10.1 Å². The minimum Gasteiger partial charge on any atom is -0.390 e. The van der Waals surface area contributed by atoms with Gasteiger partial charge in [-0.15, -0.1) is 0 Å². The van der Waals surface area contributed by atoms with Gasteiger partial charge in [-0.1, -0.05) is 31.6 Å². The van der Waals surface area contributed by atoms with Crippen molar-refractivity contribution in [2.75, 3.05) is 6.61 Å².